The van der Waals surface area contributed by atoms with E-state index in [0.29, 0.717) is 18.7 Å². The molecule has 3 rings (SSSR count). The van der Waals surface area contributed by atoms with Gasteiger partial charge in [0.25, 0.3) is 0 Å². The highest BCUT2D eigenvalue weighted by molar-refractivity contribution is 7.93. The van der Waals surface area contributed by atoms with Crippen molar-refractivity contribution in [2.24, 2.45) is 0 Å². The summed E-state index contributed by atoms with van der Waals surface area (Å²) >= 11 is 0. The van der Waals surface area contributed by atoms with E-state index in [2.05, 4.69) is 4.72 Å². The van der Waals surface area contributed by atoms with E-state index in [1.54, 1.807) is 12.1 Å². The summed E-state index contributed by atoms with van der Waals surface area (Å²) < 4.78 is 65.9. The van der Waals surface area contributed by atoms with Gasteiger partial charge in [-0.2, -0.15) is 0 Å². The molecule has 0 saturated heterocycles. The topological polar surface area (TPSA) is 83.5 Å². The van der Waals surface area contributed by atoms with Gasteiger partial charge in [0.1, 0.15) is 5.82 Å². The van der Waals surface area contributed by atoms with E-state index in [4.69, 9.17) is 0 Å². The molecule has 0 fully saturated rings. The summed E-state index contributed by atoms with van der Waals surface area (Å²) in [6.45, 7) is 0.0537. The number of hydrogen-bond acceptors (Lipinski definition) is 4. The smallest absolute Gasteiger partial charge is 0.240 e. The van der Waals surface area contributed by atoms with Gasteiger partial charge in [-0.25, -0.2) is 25.9 Å². The Morgan fingerprint density at radius 3 is 2.56 bits per heavy atom. The molecular weight excluding hydrogens is 367 g/mol. The molecule has 2 aromatic carbocycles. The quantitative estimate of drug-likeness (QED) is 0.818. The van der Waals surface area contributed by atoms with E-state index >= 15 is 0 Å². The molecule has 0 aliphatic carbocycles. The molecule has 0 atom stereocenters. The fraction of sp³-hybridized carbons (Fsp3) is 0.250. The third-order valence-corrected chi connectivity index (χ3v) is 7.17. The molecule has 0 radical (unpaired) electrons. The maximum absolute atomic E-state index is 13.2. The largest absolute Gasteiger partial charge is 0.270 e. The molecule has 0 bridgehead atoms. The summed E-state index contributed by atoms with van der Waals surface area (Å²) in [5.41, 5.74) is 1.59. The van der Waals surface area contributed by atoms with Gasteiger partial charge in [0.15, 0.2) is 0 Å². The molecule has 2 aromatic rings. The highest BCUT2D eigenvalue weighted by Crippen LogP contribution is 2.29. The predicted molar refractivity (Wildman–Crippen MR) is 92.9 cm³/mol. The molecule has 6 nitrogen and oxygen atoms in total. The first-order valence-electron chi connectivity index (χ1n) is 7.63. The Labute approximate surface area is 146 Å². The normalized spacial score (nSPS) is 14.5. The van der Waals surface area contributed by atoms with Crippen LogP contribution in [0.25, 0.3) is 0 Å². The second kappa shape index (κ2) is 6.74. The fourth-order valence-corrected chi connectivity index (χ4v) is 5.35. The highest BCUT2D eigenvalue weighted by Gasteiger charge is 2.29. The van der Waals surface area contributed by atoms with Crippen molar-refractivity contribution in [3.8, 4) is 0 Å². The Bertz CT molecular complexity index is 991. The number of halogens is 1. The van der Waals surface area contributed by atoms with Crippen LogP contribution in [0, 0.1) is 5.82 Å². The van der Waals surface area contributed by atoms with Crippen molar-refractivity contribution in [2.45, 2.75) is 11.3 Å². The zero-order valence-electron chi connectivity index (χ0n) is 13.2. The van der Waals surface area contributed by atoms with E-state index in [-0.39, 0.29) is 17.2 Å². The summed E-state index contributed by atoms with van der Waals surface area (Å²) in [5.74, 6) is -1.06. The lowest BCUT2D eigenvalue weighted by atomic mass is 10.2. The van der Waals surface area contributed by atoms with Crippen molar-refractivity contribution in [3.63, 3.8) is 0 Å². The third kappa shape index (κ3) is 3.83. The van der Waals surface area contributed by atoms with Crippen LogP contribution < -0.4 is 9.03 Å². The molecule has 0 saturated carbocycles. The van der Waals surface area contributed by atoms with Crippen LogP contribution in [0.2, 0.25) is 0 Å². The standard InChI is InChI=1S/C16H17FN2O4S2/c17-14-5-3-6-15(12-14)25(22,23)18-9-11-24(20,21)19-10-8-13-4-1-2-7-16(13)19/h1-7,12,18H,8-11H2. The fourth-order valence-electron chi connectivity index (χ4n) is 2.73. The number of fused-ring (bicyclic) bond motifs is 1. The summed E-state index contributed by atoms with van der Waals surface area (Å²) in [6.07, 6.45) is 0.629. The molecule has 134 valence electrons. The molecule has 9 heteroatoms. The van der Waals surface area contributed by atoms with Crippen molar-refractivity contribution < 1.29 is 21.2 Å². The van der Waals surface area contributed by atoms with Gasteiger partial charge in [0.2, 0.25) is 20.0 Å². The molecule has 1 aliphatic heterocycles. The van der Waals surface area contributed by atoms with E-state index in [1.807, 2.05) is 12.1 Å². The maximum atomic E-state index is 13.2. The van der Waals surface area contributed by atoms with E-state index in [9.17, 15) is 21.2 Å². The van der Waals surface area contributed by atoms with Gasteiger partial charge < -0.3 is 0 Å². The van der Waals surface area contributed by atoms with Crippen LogP contribution in [0.5, 0.6) is 0 Å². The average Bonchev–Trinajstić information content (AvgIpc) is 2.99. The van der Waals surface area contributed by atoms with Crippen LogP contribution in [-0.4, -0.2) is 35.7 Å². The number of rotatable bonds is 6. The number of para-hydroxylation sites is 1. The minimum absolute atomic E-state index is 0.239. The first kappa shape index (κ1) is 17.8. The Hall–Kier alpha value is -1.97. The predicted octanol–water partition coefficient (Wildman–Crippen LogP) is 1.50. The van der Waals surface area contributed by atoms with Gasteiger partial charge in [-0.1, -0.05) is 24.3 Å². The molecule has 0 unspecified atom stereocenters. The van der Waals surface area contributed by atoms with E-state index < -0.39 is 25.9 Å². The van der Waals surface area contributed by atoms with E-state index in [1.165, 1.54) is 16.4 Å². The number of benzene rings is 2. The molecule has 25 heavy (non-hydrogen) atoms. The Kier molecular flexibility index (Phi) is 4.81. The van der Waals surface area contributed by atoms with Crippen LogP contribution in [0.4, 0.5) is 10.1 Å². The van der Waals surface area contributed by atoms with Crippen molar-refractivity contribution in [1.29, 1.82) is 0 Å². The lowest BCUT2D eigenvalue weighted by Gasteiger charge is -2.19. The minimum Gasteiger partial charge on any atom is -0.270 e. The van der Waals surface area contributed by atoms with Gasteiger partial charge in [0, 0.05) is 13.1 Å². The number of anilines is 1. The van der Waals surface area contributed by atoms with Crippen LogP contribution in [0.1, 0.15) is 5.56 Å². The summed E-state index contributed by atoms with van der Waals surface area (Å²) in [6, 6.07) is 11.8. The number of nitrogens with one attached hydrogen (secondary N) is 1. The molecular formula is C16H17FN2O4S2. The average molecular weight is 384 g/mol. The number of sulfonamides is 2. The van der Waals surface area contributed by atoms with Crippen molar-refractivity contribution in [2.75, 3.05) is 23.1 Å². The monoisotopic (exact) mass is 384 g/mol. The van der Waals surface area contributed by atoms with Crippen molar-refractivity contribution in [1.82, 2.24) is 4.72 Å². The van der Waals surface area contributed by atoms with Gasteiger partial charge >= 0.3 is 0 Å². The molecule has 1 aliphatic rings. The Morgan fingerprint density at radius 2 is 1.80 bits per heavy atom. The molecule has 1 N–H and O–H groups in total. The first-order valence-corrected chi connectivity index (χ1v) is 10.7. The summed E-state index contributed by atoms with van der Waals surface area (Å²) in [7, 11) is -7.62. The first-order chi connectivity index (χ1) is 11.8. The van der Waals surface area contributed by atoms with Crippen molar-refractivity contribution >= 4 is 25.7 Å². The SMILES string of the molecule is O=S(=O)(NCCS(=O)(=O)N1CCc2ccccc21)c1cccc(F)c1. The van der Waals surface area contributed by atoms with Crippen LogP contribution in [0.3, 0.4) is 0 Å². The third-order valence-electron chi connectivity index (χ3n) is 3.94. The number of nitrogens with zero attached hydrogens (tertiary/aromatic N) is 1. The van der Waals surface area contributed by atoms with Crippen LogP contribution in [0.15, 0.2) is 53.4 Å². The second-order valence-electron chi connectivity index (χ2n) is 5.62. The van der Waals surface area contributed by atoms with Crippen LogP contribution >= 0.6 is 0 Å². The molecule has 0 aromatic heterocycles. The van der Waals surface area contributed by atoms with Gasteiger partial charge in [-0.05, 0) is 36.2 Å². The van der Waals surface area contributed by atoms with Crippen LogP contribution in [-0.2, 0) is 26.5 Å². The summed E-state index contributed by atoms with van der Waals surface area (Å²) in [5, 5.41) is 0. The Balaban J connectivity index is 1.68. The summed E-state index contributed by atoms with van der Waals surface area (Å²) in [4.78, 5) is -0.239. The minimum atomic E-state index is -3.96. The van der Waals surface area contributed by atoms with E-state index in [0.717, 1.165) is 17.7 Å². The zero-order chi connectivity index (χ0) is 18.1. The lowest BCUT2D eigenvalue weighted by molar-refractivity contribution is 0.577. The molecule has 1 heterocycles. The maximum Gasteiger partial charge on any atom is 0.240 e. The molecule has 0 spiro atoms. The van der Waals surface area contributed by atoms with Gasteiger partial charge in [-0.15, -0.1) is 0 Å². The molecule has 0 amide bonds. The second-order valence-corrected chi connectivity index (χ2v) is 9.40. The van der Waals surface area contributed by atoms with Gasteiger partial charge in [-0.3, -0.25) is 4.31 Å². The van der Waals surface area contributed by atoms with Gasteiger partial charge in [0.05, 0.1) is 16.3 Å². The van der Waals surface area contributed by atoms with Crippen molar-refractivity contribution in [3.05, 3.63) is 59.9 Å². The zero-order valence-corrected chi connectivity index (χ0v) is 14.9. The number of hydrogen-bond donors (Lipinski definition) is 1. The Morgan fingerprint density at radius 1 is 1.04 bits per heavy atom. The highest BCUT2D eigenvalue weighted by atomic mass is 32.2. The lowest BCUT2D eigenvalue weighted by Crippen LogP contribution is -2.37.